The molecule has 62 valence electrons. The maximum absolute atomic E-state index is 6.00. The highest BCUT2D eigenvalue weighted by Gasteiger charge is 2.19. The maximum atomic E-state index is 6.00. The summed E-state index contributed by atoms with van der Waals surface area (Å²) in [6, 6.07) is 8.57. The highest BCUT2D eigenvalue weighted by Crippen LogP contribution is 2.34. The topological polar surface area (TPSA) is 0 Å². The van der Waals surface area contributed by atoms with Crippen LogP contribution in [0.1, 0.15) is 23.6 Å². The zero-order valence-corrected chi connectivity index (χ0v) is 9.22. The van der Waals surface area contributed by atoms with Crippen LogP contribution in [0.15, 0.2) is 30.3 Å². The summed E-state index contributed by atoms with van der Waals surface area (Å²) in [7, 11) is -0.454. The number of rotatable bonds is 1. The highest BCUT2D eigenvalue weighted by molar-refractivity contribution is 6.94. The normalized spacial score (nSPS) is 21.5. The Morgan fingerprint density at radius 2 is 2.08 bits per heavy atom. The van der Waals surface area contributed by atoms with Crippen molar-refractivity contribution < 1.29 is 0 Å². The molecule has 0 saturated carbocycles. The average Bonchev–Trinajstić information content (AvgIpc) is 2.44. The fraction of sp³-hybridized carbons (Fsp3) is 0.200. The van der Waals surface area contributed by atoms with E-state index in [4.69, 9.17) is 11.1 Å². The number of fused-ring (bicyclic) bond motifs is 1. The van der Waals surface area contributed by atoms with Crippen LogP contribution in [-0.2, 0) is 0 Å². The molecule has 0 saturated heterocycles. The third-order valence-electron chi connectivity index (χ3n) is 2.40. The van der Waals surface area contributed by atoms with E-state index in [9.17, 15) is 0 Å². The van der Waals surface area contributed by atoms with Crippen molar-refractivity contribution in [2.45, 2.75) is 12.5 Å². The lowest BCUT2D eigenvalue weighted by Crippen LogP contribution is -1.96. The molecule has 2 rings (SSSR count). The number of halogens is 1. The zero-order valence-electron chi connectivity index (χ0n) is 7.05. The summed E-state index contributed by atoms with van der Waals surface area (Å²) in [5, 5.41) is 0. The van der Waals surface area contributed by atoms with Crippen molar-refractivity contribution in [3.8, 4) is 0 Å². The van der Waals surface area contributed by atoms with Gasteiger partial charge in [-0.25, -0.2) is 0 Å². The SMILES string of the molecule is CC1=CC([SiH2]Cl)c2ccccc21. The molecule has 0 aliphatic heterocycles. The van der Waals surface area contributed by atoms with Crippen LogP contribution in [0.5, 0.6) is 0 Å². The second-order valence-electron chi connectivity index (χ2n) is 3.20. The van der Waals surface area contributed by atoms with Crippen molar-refractivity contribution in [1.29, 1.82) is 0 Å². The van der Waals surface area contributed by atoms with Gasteiger partial charge in [0.15, 0.2) is 0 Å². The molecule has 1 atom stereocenters. The molecular weight excluding hydrogens is 184 g/mol. The van der Waals surface area contributed by atoms with Crippen molar-refractivity contribution in [3.63, 3.8) is 0 Å². The molecule has 0 aromatic heterocycles. The van der Waals surface area contributed by atoms with E-state index in [1.807, 2.05) is 0 Å². The van der Waals surface area contributed by atoms with Gasteiger partial charge >= 0.3 is 0 Å². The third kappa shape index (κ3) is 1.13. The van der Waals surface area contributed by atoms with Gasteiger partial charge in [-0.1, -0.05) is 30.3 Å². The lowest BCUT2D eigenvalue weighted by Gasteiger charge is -2.04. The minimum absolute atomic E-state index is 0.454. The van der Waals surface area contributed by atoms with Crippen LogP contribution in [0.4, 0.5) is 0 Å². The van der Waals surface area contributed by atoms with Crippen LogP contribution in [0, 0.1) is 0 Å². The second kappa shape index (κ2) is 3.07. The van der Waals surface area contributed by atoms with Crippen molar-refractivity contribution in [1.82, 2.24) is 0 Å². The molecular formula is C10H11ClSi. The van der Waals surface area contributed by atoms with Gasteiger partial charge in [0.2, 0.25) is 0 Å². The van der Waals surface area contributed by atoms with Crippen molar-refractivity contribution in [2.24, 2.45) is 0 Å². The van der Waals surface area contributed by atoms with Gasteiger partial charge in [-0.15, -0.1) is 0 Å². The molecule has 0 nitrogen and oxygen atoms in total. The molecule has 1 aliphatic rings. The summed E-state index contributed by atoms with van der Waals surface area (Å²) >= 11 is 6.00. The number of hydrogen-bond acceptors (Lipinski definition) is 0. The Balaban J connectivity index is 2.52. The van der Waals surface area contributed by atoms with Crippen molar-refractivity contribution >= 4 is 25.5 Å². The predicted octanol–water partition coefficient (Wildman–Crippen LogP) is 2.47. The minimum Gasteiger partial charge on any atom is -0.175 e. The molecule has 1 aromatic carbocycles. The summed E-state index contributed by atoms with van der Waals surface area (Å²) in [6.45, 7) is 2.17. The van der Waals surface area contributed by atoms with Crippen LogP contribution in [0.3, 0.4) is 0 Å². The smallest absolute Gasteiger partial charge is 0.136 e. The lowest BCUT2D eigenvalue weighted by atomic mass is 10.1. The molecule has 0 bridgehead atoms. The first-order valence-electron chi connectivity index (χ1n) is 4.16. The fourth-order valence-corrected chi connectivity index (χ4v) is 3.52. The van der Waals surface area contributed by atoms with Gasteiger partial charge in [-0.05, 0) is 23.6 Å². The molecule has 0 amide bonds. The quantitative estimate of drug-likeness (QED) is 0.476. The van der Waals surface area contributed by atoms with E-state index >= 15 is 0 Å². The molecule has 2 heteroatoms. The van der Waals surface area contributed by atoms with Gasteiger partial charge in [0.05, 0.1) is 0 Å². The average molecular weight is 195 g/mol. The molecule has 0 spiro atoms. The molecule has 1 aromatic rings. The Bertz CT molecular complexity index is 330. The van der Waals surface area contributed by atoms with Crippen LogP contribution >= 0.6 is 11.1 Å². The zero-order chi connectivity index (χ0) is 8.55. The summed E-state index contributed by atoms with van der Waals surface area (Å²) in [4.78, 5) is 0. The first-order chi connectivity index (χ1) is 5.83. The summed E-state index contributed by atoms with van der Waals surface area (Å²) in [5.74, 6) is 0. The third-order valence-corrected chi connectivity index (χ3v) is 4.41. The van der Waals surface area contributed by atoms with E-state index in [2.05, 4.69) is 37.3 Å². The summed E-state index contributed by atoms with van der Waals surface area (Å²) in [6.07, 6.45) is 2.31. The standard InChI is InChI=1S/C10H11ClSi/c1-7-6-10(12-11)9-5-3-2-4-8(7)9/h2-6,10H,12H2,1H3. The molecule has 0 N–H and O–H groups in total. The van der Waals surface area contributed by atoms with Crippen molar-refractivity contribution in [2.75, 3.05) is 0 Å². The highest BCUT2D eigenvalue weighted by atomic mass is 35.6. The summed E-state index contributed by atoms with van der Waals surface area (Å²) < 4.78 is 0. The fourth-order valence-electron chi connectivity index (χ4n) is 1.79. The van der Waals surface area contributed by atoms with E-state index in [1.54, 1.807) is 0 Å². The van der Waals surface area contributed by atoms with Crippen LogP contribution in [0.2, 0.25) is 0 Å². The van der Waals surface area contributed by atoms with Crippen LogP contribution in [-0.4, -0.2) is 8.83 Å². The molecule has 0 heterocycles. The Kier molecular flexibility index (Phi) is 2.07. The van der Waals surface area contributed by atoms with Crippen LogP contribution < -0.4 is 0 Å². The number of hydrogen-bond donors (Lipinski definition) is 0. The van der Waals surface area contributed by atoms with E-state index in [0.29, 0.717) is 5.54 Å². The predicted molar refractivity (Wildman–Crippen MR) is 57.2 cm³/mol. The summed E-state index contributed by atoms with van der Waals surface area (Å²) in [5.41, 5.74) is 4.80. The second-order valence-corrected chi connectivity index (χ2v) is 5.31. The molecule has 1 unspecified atom stereocenters. The van der Waals surface area contributed by atoms with Gasteiger partial charge in [0, 0.05) is 5.54 Å². The number of benzene rings is 1. The van der Waals surface area contributed by atoms with Gasteiger partial charge in [-0.2, -0.15) is 11.1 Å². The van der Waals surface area contributed by atoms with Crippen LogP contribution in [0.25, 0.3) is 5.57 Å². The minimum atomic E-state index is -0.454. The van der Waals surface area contributed by atoms with Gasteiger partial charge < -0.3 is 0 Å². The van der Waals surface area contributed by atoms with Gasteiger partial charge in [0.1, 0.15) is 8.83 Å². The van der Waals surface area contributed by atoms with Gasteiger partial charge in [0.25, 0.3) is 0 Å². The largest absolute Gasteiger partial charge is 0.175 e. The lowest BCUT2D eigenvalue weighted by molar-refractivity contribution is 1.24. The Morgan fingerprint density at radius 3 is 2.83 bits per heavy atom. The Hall–Kier alpha value is -0.533. The molecule has 0 fully saturated rings. The van der Waals surface area contributed by atoms with E-state index in [1.165, 1.54) is 16.7 Å². The number of allylic oxidation sites excluding steroid dienone is 2. The van der Waals surface area contributed by atoms with E-state index in [0.717, 1.165) is 0 Å². The Morgan fingerprint density at radius 1 is 1.33 bits per heavy atom. The van der Waals surface area contributed by atoms with Gasteiger partial charge in [-0.3, -0.25) is 0 Å². The molecule has 12 heavy (non-hydrogen) atoms. The molecule has 1 aliphatic carbocycles. The van der Waals surface area contributed by atoms with E-state index < -0.39 is 8.83 Å². The first-order valence-corrected chi connectivity index (χ1v) is 7.12. The Labute approximate surface area is 79.8 Å². The first kappa shape index (κ1) is 8.08. The van der Waals surface area contributed by atoms with E-state index in [-0.39, 0.29) is 0 Å². The van der Waals surface area contributed by atoms with Crippen molar-refractivity contribution in [3.05, 3.63) is 41.5 Å². The monoisotopic (exact) mass is 194 g/mol. The molecule has 0 radical (unpaired) electrons. The maximum Gasteiger partial charge on any atom is 0.136 e.